The number of amides is 1. The molecule has 0 aromatic carbocycles. The van der Waals surface area contributed by atoms with E-state index >= 15 is 0 Å². The third-order valence-corrected chi connectivity index (χ3v) is 3.19. The number of aromatic nitrogens is 2. The van der Waals surface area contributed by atoms with Crippen molar-refractivity contribution in [3.05, 3.63) is 11.9 Å². The molecule has 18 heavy (non-hydrogen) atoms. The second kappa shape index (κ2) is 5.00. The van der Waals surface area contributed by atoms with E-state index in [1.807, 2.05) is 24.6 Å². The van der Waals surface area contributed by atoms with Crippen molar-refractivity contribution in [3.63, 3.8) is 0 Å². The molecule has 0 bridgehead atoms. The molecule has 1 aromatic rings. The number of nitrogens with one attached hydrogen (secondary N) is 2. The van der Waals surface area contributed by atoms with Crippen molar-refractivity contribution >= 4 is 11.9 Å². The number of carbonyl (C=O) groups is 1. The molecule has 0 spiro atoms. The van der Waals surface area contributed by atoms with E-state index < -0.39 is 0 Å². The van der Waals surface area contributed by atoms with Gasteiger partial charge >= 0.3 is 0 Å². The average Bonchev–Trinajstić information content (AvgIpc) is 2.71. The standard InChI is InChI=1S/C13H22N4O/c1-4-6-13(2,3)16-11(18)10-9-17-8-5-7-14-12(17)15-10/h9H,4-8H2,1-3H3,(H,14,15)(H,16,18). The van der Waals surface area contributed by atoms with E-state index in [1.54, 1.807) is 0 Å². The molecule has 5 heteroatoms. The van der Waals surface area contributed by atoms with Gasteiger partial charge in [0.2, 0.25) is 5.95 Å². The molecule has 2 heterocycles. The lowest BCUT2D eigenvalue weighted by Gasteiger charge is -2.25. The van der Waals surface area contributed by atoms with E-state index in [9.17, 15) is 4.79 Å². The van der Waals surface area contributed by atoms with E-state index in [1.165, 1.54) is 0 Å². The molecular weight excluding hydrogens is 228 g/mol. The lowest BCUT2D eigenvalue weighted by molar-refractivity contribution is 0.0904. The Bertz CT molecular complexity index is 413. The Kier molecular flexibility index (Phi) is 3.59. The fourth-order valence-corrected chi connectivity index (χ4v) is 2.35. The molecule has 0 radical (unpaired) electrons. The third-order valence-electron chi connectivity index (χ3n) is 3.19. The van der Waals surface area contributed by atoms with Crippen molar-refractivity contribution in [2.75, 3.05) is 11.9 Å². The summed E-state index contributed by atoms with van der Waals surface area (Å²) in [5.74, 6) is 0.719. The van der Waals surface area contributed by atoms with Crippen LogP contribution in [0.3, 0.4) is 0 Å². The highest BCUT2D eigenvalue weighted by Crippen LogP contribution is 2.16. The number of imidazole rings is 1. The number of hydrogen-bond donors (Lipinski definition) is 2. The van der Waals surface area contributed by atoms with Crippen LogP contribution in [-0.2, 0) is 6.54 Å². The van der Waals surface area contributed by atoms with Gasteiger partial charge in [0.05, 0.1) is 0 Å². The Morgan fingerprint density at radius 2 is 2.39 bits per heavy atom. The normalized spacial score (nSPS) is 14.8. The van der Waals surface area contributed by atoms with Gasteiger partial charge in [-0.3, -0.25) is 4.79 Å². The molecule has 1 aliphatic heterocycles. The molecule has 0 saturated heterocycles. The van der Waals surface area contributed by atoms with Gasteiger partial charge in [-0.25, -0.2) is 4.98 Å². The Morgan fingerprint density at radius 3 is 3.06 bits per heavy atom. The summed E-state index contributed by atoms with van der Waals surface area (Å²) in [4.78, 5) is 16.5. The SMILES string of the molecule is CCCC(C)(C)NC(=O)c1cn2c(n1)NCCC2. The van der Waals surface area contributed by atoms with Crippen molar-refractivity contribution in [1.82, 2.24) is 14.9 Å². The molecule has 1 aromatic heterocycles. The Morgan fingerprint density at radius 1 is 1.61 bits per heavy atom. The topological polar surface area (TPSA) is 59.0 Å². The first kappa shape index (κ1) is 12.9. The maximum absolute atomic E-state index is 12.1. The van der Waals surface area contributed by atoms with Crippen LogP contribution in [0.4, 0.5) is 5.95 Å². The van der Waals surface area contributed by atoms with E-state index in [2.05, 4.69) is 22.5 Å². The van der Waals surface area contributed by atoms with Crippen molar-refractivity contribution in [3.8, 4) is 0 Å². The fourth-order valence-electron chi connectivity index (χ4n) is 2.35. The summed E-state index contributed by atoms with van der Waals surface area (Å²) in [5.41, 5.74) is 0.326. The summed E-state index contributed by atoms with van der Waals surface area (Å²) in [6, 6.07) is 0. The molecule has 2 N–H and O–H groups in total. The molecule has 5 nitrogen and oxygen atoms in total. The number of hydrogen-bond acceptors (Lipinski definition) is 3. The number of nitrogens with zero attached hydrogens (tertiary/aromatic N) is 2. The lowest BCUT2D eigenvalue weighted by atomic mass is 9.99. The van der Waals surface area contributed by atoms with E-state index in [0.29, 0.717) is 5.69 Å². The molecule has 1 amide bonds. The van der Waals surface area contributed by atoms with Gasteiger partial charge in [0.15, 0.2) is 0 Å². The third kappa shape index (κ3) is 2.83. The first-order valence-electron chi connectivity index (χ1n) is 6.65. The van der Waals surface area contributed by atoms with Crippen LogP contribution in [0, 0.1) is 0 Å². The second-order valence-electron chi connectivity index (χ2n) is 5.51. The van der Waals surface area contributed by atoms with Gasteiger partial charge in [-0.1, -0.05) is 13.3 Å². The van der Waals surface area contributed by atoms with Crippen LogP contribution in [0.2, 0.25) is 0 Å². The van der Waals surface area contributed by atoms with Gasteiger partial charge in [-0.15, -0.1) is 0 Å². The molecule has 100 valence electrons. The smallest absolute Gasteiger partial charge is 0.271 e. The quantitative estimate of drug-likeness (QED) is 0.859. The molecule has 0 fully saturated rings. The summed E-state index contributed by atoms with van der Waals surface area (Å²) in [6.45, 7) is 8.07. The largest absolute Gasteiger partial charge is 0.356 e. The van der Waals surface area contributed by atoms with Crippen molar-refractivity contribution < 1.29 is 4.79 Å². The van der Waals surface area contributed by atoms with Crippen molar-refractivity contribution in [2.24, 2.45) is 0 Å². The predicted octanol–water partition coefficient (Wildman–Crippen LogP) is 2.01. The van der Waals surface area contributed by atoms with Crippen LogP contribution in [0.25, 0.3) is 0 Å². The number of fused-ring (bicyclic) bond motifs is 1. The predicted molar refractivity (Wildman–Crippen MR) is 71.8 cm³/mol. The minimum absolute atomic E-state index is 0.0860. The molecule has 0 atom stereocenters. The minimum atomic E-state index is -0.177. The molecule has 0 unspecified atom stereocenters. The highest BCUT2D eigenvalue weighted by Gasteiger charge is 2.23. The summed E-state index contributed by atoms with van der Waals surface area (Å²) in [6.07, 6.45) is 4.92. The summed E-state index contributed by atoms with van der Waals surface area (Å²) >= 11 is 0. The van der Waals surface area contributed by atoms with E-state index in [4.69, 9.17) is 0 Å². The van der Waals surface area contributed by atoms with Crippen LogP contribution in [0.15, 0.2) is 6.20 Å². The van der Waals surface area contributed by atoms with Gasteiger partial charge in [-0.05, 0) is 26.7 Å². The zero-order valence-electron chi connectivity index (χ0n) is 11.4. The molecule has 0 saturated carbocycles. The van der Waals surface area contributed by atoms with Crippen LogP contribution in [0.1, 0.15) is 50.5 Å². The van der Waals surface area contributed by atoms with E-state index in [-0.39, 0.29) is 11.4 Å². The highest BCUT2D eigenvalue weighted by atomic mass is 16.2. The monoisotopic (exact) mass is 250 g/mol. The number of aryl methyl sites for hydroxylation is 1. The zero-order valence-corrected chi connectivity index (χ0v) is 11.4. The fraction of sp³-hybridized carbons (Fsp3) is 0.692. The van der Waals surface area contributed by atoms with Crippen LogP contribution < -0.4 is 10.6 Å². The molecule has 1 aliphatic rings. The summed E-state index contributed by atoms with van der Waals surface area (Å²) < 4.78 is 2.01. The number of anilines is 1. The highest BCUT2D eigenvalue weighted by molar-refractivity contribution is 5.93. The Balaban J connectivity index is 2.07. The summed E-state index contributed by atoms with van der Waals surface area (Å²) in [5, 5.41) is 6.24. The molecular formula is C13H22N4O. The van der Waals surface area contributed by atoms with Crippen LogP contribution >= 0.6 is 0 Å². The van der Waals surface area contributed by atoms with Crippen molar-refractivity contribution in [1.29, 1.82) is 0 Å². The first-order valence-corrected chi connectivity index (χ1v) is 6.65. The van der Waals surface area contributed by atoms with Crippen molar-refractivity contribution in [2.45, 2.75) is 52.1 Å². The average molecular weight is 250 g/mol. The first-order chi connectivity index (χ1) is 8.52. The second-order valence-corrected chi connectivity index (χ2v) is 5.51. The van der Waals surface area contributed by atoms with Gasteiger partial charge in [0.1, 0.15) is 5.69 Å². The Hall–Kier alpha value is -1.52. The molecule has 0 aliphatic carbocycles. The summed E-state index contributed by atoms with van der Waals surface area (Å²) in [7, 11) is 0. The zero-order chi connectivity index (χ0) is 13.2. The van der Waals surface area contributed by atoms with E-state index in [0.717, 1.165) is 38.3 Å². The maximum Gasteiger partial charge on any atom is 0.271 e. The Labute approximate surface area is 108 Å². The van der Waals surface area contributed by atoms with Gasteiger partial charge in [0, 0.05) is 24.8 Å². The van der Waals surface area contributed by atoms with Crippen LogP contribution in [-0.4, -0.2) is 27.5 Å². The van der Waals surface area contributed by atoms with Gasteiger partial charge in [0.25, 0.3) is 5.91 Å². The molecule has 2 rings (SSSR count). The number of rotatable bonds is 4. The number of carbonyl (C=O) groups excluding carboxylic acids is 1. The minimum Gasteiger partial charge on any atom is -0.356 e. The van der Waals surface area contributed by atoms with Crippen LogP contribution in [0.5, 0.6) is 0 Å². The van der Waals surface area contributed by atoms with Gasteiger partial charge in [-0.2, -0.15) is 0 Å². The maximum atomic E-state index is 12.1. The van der Waals surface area contributed by atoms with Gasteiger partial charge < -0.3 is 15.2 Å². The lowest BCUT2D eigenvalue weighted by Crippen LogP contribution is -2.43.